The number of hydrogen-bond acceptors (Lipinski definition) is 5. The van der Waals surface area contributed by atoms with Gasteiger partial charge < -0.3 is 14.2 Å². The molecule has 25 heavy (non-hydrogen) atoms. The molecule has 1 fully saturated rings. The molecule has 2 heterocycles. The monoisotopic (exact) mass is 343 g/mol. The minimum Gasteiger partial charge on any atom is -0.494 e. The normalized spacial score (nSPS) is 14.2. The number of unbranched alkanes of at least 4 members (excludes halogenated alkanes) is 4. The Morgan fingerprint density at radius 1 is 1.12 bits per heavy atom. The second-order valence-electron chi connectivity index (χ2n) is 6.72. The molecule has 0 aliphatic carbocycles. The van der Waals surface area contributed by atoms with Crippen LogP contribution in [0.3, 0.4) is 0 Å². The molecule has 2 aromatic rings. The lowest BCUT2D eigenvalue weighted by molar-refractivity contribution is 0.304. The number of hydrogen-bond donors (Lipinski definition) is 1. The number of ether oxygens (including phenoxy) is 1. The zero-order valence-electron chi connectivity index (χ0n) is 15.2. The van der Waals surface area contributed by atoms with Crippen LogP contribution in [0.5, 0.6) is 5.75 Å². The molecule has 0 amide bonds. The van der Waals surface area contributed by atoms with E-state index in [0.29, 0.717) is 0 Å². The molecule has 0 radical (unpaired) electrons. The van der Waals surface area contributed by atoms with Crippen molar-refractivity contribution in [1.82, 2.24) is 10.5 Å². The molecular formula is C20H29N3O2. The zero-order chi connectivity index (χ0) is 17.3. The first-order valence-corrected chi connectivity index (χ1v) is 9.42. The van der Waals surface area contributed by atoms with Crippen molar-refractivity contribution < 1.29 is 9.26 Å². The van der Waals surface area contributed by atoms with E-state index in [2.05, 4.69) is 39.6 Å². The summed E-state index contributed by atoms with van der Waals surface area (Å²) in [6.45, 7) is 5.85. The number of anilines is 1. The minimum absolute atomic E-state index is 0.798. The van der Waals surface area contributed by atoms with Crippen LogP contribution in [0.15, 0.2) is 34.9 Å². The Bertz CT molecular complexity index is 618. The van der Waals surface area contributed by atoms with Crippen molar-refractivity contribution >= 4 is 5.69 Å². The van der Waals surface area contributed by atoms with Gasteiger partial charge in [0.25, 0.3) is 0 Å². The highest BCUT2D eigenvalue weighted by Gasteiger charge is 2.10. The Balaban J connectivity index is 1.22. The summed E-state index contributed by atoms with van der Waals surface area (Å²) in [7, 11) is 0. The Morgan fingerprint density at radius 3 is 2.64 bits per heavy atom. The summed E-state index contributed by atoms with van der Waals surface area (Å²) in [5.74, 6) is 1.98. The Labute approximate surface area is 150 Å². The standard InChI is InChI=1S/C20H29N3O2/c1-17-15-20(25-22-17)7-5-3-2-4-6-14-24-19-10-8-18(9-11-19)23-13-12-21-16-23/h8-11,15,21H,2-7,12-14,16H2,1H3. The highest BCUT2D eigenvalue weighted by Crippen LogP contribution is 2.20. The summed E-state index contributed by atoms with van der Waals surface area (Å²) in [5.41, 5.74) is 2.23. The van der Waals surface area contributed by atoms with E-state index in [9.17, 15) is 0 Å². The Kier molecular flexibility index (Phi) is 6.74. The van der Waals surface area contributed by atoms with Gasteiger partial charge >= 0.3 is 0 Å². The van der Waals surface area contributed by atoms with E-state index in [-0.39, 0.29) is 0 Å². The fraction of sp³-hybridized carbons (Fsp3) is 0.550. The van der Waals surface area contributed by atoms with Crippen LogP contribution < -0.4 is 15.0 Å². The van der Waals surface area contributed by atoms with Gasteiger partial charge in [-0.3, -0.25) is 5.32 Å². The van der Waals surface area contributed by atoms with Crippen LogP contribution in [0.4, 0.5) is 5.69 Å². The van der Waals surface area contributed by atoms with Crippen LogP contribution in [0.25, 0.3) is 0 Å². The molecule has 0 unspecified atom stereocenters. The van der Waals surface area contributed by atoms with Gasteiger partial charge in [-0.15, -0.1) is 0 Å². The predicted octanol–water partition coefficient (Wildman–Crippen LogP) is 3.92. The maximum atomic E-state index is 5.84. The molecule has 1 aliphatic heterocycles. The molecule has 1 aliphatic rings. The van der Waals surface area contributed by atoms with Gasteiger partial charge in [0.05, 0.1) is 19.0 Å². The molecule has 0 bridgehead atoms. The third-order valence-electron chi connectivity index (χ3n) is 4.58. The van der Waals surface area contributed by atoms with Gasteiger partial charge in [-0.25, -0.2) is 0 Å². The maximum absolute atomic E-state index is 5.84. The highest BCUT2D eigenvalue weighted by molar-refractivity contribution is 5.49. The van der Waals surface area contributed by atoms with Crippen LogP contribution in [0.1, 0.15) is 43.6 Å². The maximum Gasteiger partial charge on any atom is 0.136 e. The first-order chi connectivity index (χ1) is 12.3. The molecule has 1 N–H and O–H groups in total. The van der Waals surface area contributed by atoms with Crippen molar-refractivity contribution in [3.63, 3.8) is 0 Å². The highest BCUT2D eigenvalue weighted by atomic mass is 16.5. The van der Waals surface area contributed by atoms with Crippen molar-refractivity contribution in [3.8, 4) is 5.75 Å². The van der Waals surface area contributed by atoms with Gasteiger partial charge in [-0.2, -0.15) is 0 Å². The summed E-state index contributed by atoms with van der Waals surface area (Å²) in [5, 5.41) is 7.26. The van der Waals surface area contributed by atoms with E-state index >= 15 is 0 Å². The second kappa shape index (κ2) is 9.47. The van der Waals surface area contributed by atoms with Gasteiger partial charge in [-0.05, 0) is 44.0 Å². The third-order valence-corrected chi connectivity index (χ3v) is 4.58. The molecule has 0 atom stereocenters. The minimum atomic E-state index is 0.798. The topological polar surface area (TPSA) is 50.5 Å². The van der Waals surface area contributed by atoms with E-state index in [1.54, 1.807) is 0 Å². The summed E-state index contributed by atoms with van der Waals surface area (Å²) < 4.78 is 11.1. The number of nitrogens with zero attached hydrogens (tertiary/aromatic N) is 2. The van der Waals surface area contributed by atoms with Crippen LogP contribution in [0.2, 0.25) is 0 Å². The van der Waals surface area contributed by atoms with Crippen molar-refractivity contribution in [3.05, 3.63) is 41.8 Å². The van der Waals surface area contributed by atoms with Gasteiger partial charge in [0.15, 0.2) is 0 Å². The molecule has 5 nitrogen and oxygen atoms in total. The Hall–Kier alpha value is -2.01. The second-order valence-corrected chi connectivity index (χ2v) is 6.72. The van der Waals surface area contributed by atoms with Crippen molar-refractivity contribution in [2.24, 2.45) is 0 Å². The quantitative estimate of drug-likeness (QED) is 0.663. The average molecular weight is 343 g/mol. The molecule has 3 rings (SSSR count). The van der Waals surface area contributed by atoms with E-state index < -0.39 is 0 Å². The van der Waals surface area contributed by atoms with Gasteiger partial charge in [0, 0.05) is 31.3 Å². The third kappa shape index (κ3) is 5.78. The summed E-state index contributed by atoms with van der Waals surface area (Å²) in [4.78, 5) is 2.34. The van der Waals surface area contributed by atoms with Gasteiger partial charge in [0.2, 0.25) is 0 Å². The number of benzene rings is 1. The lowest BCUT2D eigenvalue weighted by Gasteiger charge is -2.17. The van der Waals surface area contributed by atoms with Crippen LogP contribution >= 0.6 is 0 Å². The summed E-state index contributed by atoms with van der Waals surface area (Å²) >= 11 is 0. The number of nitrogens with one attached hydrogen (secondary N) is 1. The molecule has 5 heteroatoms. The lowest BCUT2D eigenvalue weighted by Crippen LogP contribution is -2.20. The lowest BCUT2D eigenvalue weighted by atomic mass is 10.1. The molecule has 1 aromatic carbocycles. The molecule has 1 aromatic heterocycles. The van der Waals surface area contributed by atoms with E-state index in [0.717, 1.165) is 56.4 Å². The Morgan fingerprint density at radius 2 is 1.92 bits per heavy atom. The molecular weight excluding hydrogens is 314 g/mol. The van der Waals surface area contributed by atoms with E-state index in [1.807, 2.05) is 13.0 Å². The predicted molar refractivity (Wildman–Crippen MR) is 100 cm³/mol. The first kappa shape index (κ1) is 17.8. The van der Waals surface area contributed by atoms with Crippen LogP contribution in [-0.2, 0) is 6.42 Å². The fourth-order valence-electron chi connectivity index (χ4n) is 3.14. The molecule has 1 saturated heterocycles. The first-order valence-electron chi connectivity index (χ1n) is 9.42. The van der Waals surface area contributed by atoms with Crippen LogP contribution in [-0.4, -0.2) is 31.5 Å². The summed E-state index contributed by atoms with van der Waals surface area (Å²) in [6, 6.07) is 10.5. The van der Waals surface area contributed by atoms with Crippen molar-refractivity contribution in [2.45, 2.75) is 45.4 Å². The van der Waals surface area contributed by atoms with E-state index in [4.69, 9.17) is 9.26 Å². The largest absolute Gasteiger partial charge is 0.494 e. The van der Waals surface area contributed by atoms with Crippen molar-refractivity contribution in [1.29, 1.82) is 0 Å². The number of aryl methyl sites for hydroxylation is 2. The van der Waals surface area contributed by atoms with Crippen LogP contribution in [0, 0.1) is 6.92 Å². The smallest absolute Gasteiger partial charge is 0.136 e. The number of rotatable bonds is 10. The number of aromatic nitrogens is 1. The summed E-state index contributed by atoms with van der Waals surface area (Å²) in [6.07, 6.45) is 6.97. The zero-order valence-corrected chi connectivity index (χ0v) is 15.2. The molecule has 136 valence electrons. The van der Waals surface area contributed by atoms with Gasteiger partial charge in [0.1, 0.15) is 11.5 Å². The SMILES string of the molecule is Cc1cc(CCCCCCCOc2ccc(N3CCNC3)cc2)on1. The average Bonchev–Trinajstić information content (AvgIpc) is 3.30. The molecule has 0 spiro atoms. The van der Waals surface area contributed by atoms with Gasteiger partial charge in [-0.1, -0.05) is 24.4 Å². The molecule has 0 saturated carbocycles. The van der Waals surface area contributed by atoms with Crippen molar-refractivity contribution in [2.75, 3.05) is 31.3 Å². The fourth-order valence-corrected chi connectivity index (χ4v) is 3.14. The van der Waals surface area contributed by atoms with E-state index in [1.165, 1.54) is 31.4 Å².